The number of aromatic nitrogens is 3. The lowest BCUT2D eigenvalue weighted by Crippen LogP contribution is -2.22. The van der Waals surface area contributed by atoms with Crippen molar-refractivity contribution in [3.05, 3.63) is 64.2 Å². The monoisotopic (exact) mass is 439 g/mol. The van der Waals surface area contributed by atoms with Gasteiger partial charge in [-0.05, 0) is 30.0 Å². The topological polar surface area (TPSA) is 103 Å². The molecule has 0 aliphatic heterocycles. The van der Waals surface area contributed by atoms with Crippen LogP contribution in [-0.2, 0) is 17.3 Å². The first kappa shape index (κ1) is 22.5. The molecule has 1 heterocycles. The van der Waals surface area contributed by atoms with Crippen molar-refractivity contribution in [2.75, 3.05) is 5.32 Å². The fraction of sp³-hybridized carbons (Fsp3) is 0.318. The Balaban J connectivity index is 1.68. The van der Waals surface area contributed by atoms with Crippen molar-refractivity contribution in [3.8, 4) is 11.4 Å². The maximum atomic E-state index is 12.5. The Labute approximate surface area is 185 Å². The molecule has 0 bridgehead atoms. The molecule has 1 atom stereocenters. The number of rotatable bonds is 6. The summed E-state index contributed by atoms with van der Waals surface area (Å²) in [6.45, 7) is 8.28. The molecule has 1 amide bonds. The molecule has 0 aliphatic rings. The maximum absolute atomic E-state index is 12.5. The molecule has 1 unspecified atom stereocenters. The first-order valence-electron chi connectivity index (χ1n) is 9.78. The Hall–Kier alpha value is -3.20. The number of amides is 1. The van der Waals surface area contributed by atoms with Crippen molar-refractivity contribution in [3.63, 3.8) is 0 Å². The van der Waals surface area contributed by atoms with E-state index in [1.807, 2.05) is 23.7 Å². The molecule has 8 nitrogen and oxygen atoms in total. The van der Waals surface area contributed by atoms with Gasteiger partial charge in [0, 0.05) is 30.4 Å². The number of thioether (sulfide) groups is 1. The Kier molecular flexibility index (Phi) is 6.45. The first-order chi connectivity index (χ1) is 14.6. The molecule has 0 spiro atoms. The van der Waals surface area contributed by atoms with Crippen LogP contribution in [0, 0.1) is 10.1 Å². The predicted octanol–water partition coefficient (Wildman–Crippen LogP) is 4.81. The SMILES string of the molecule is CC(Sc1nnc(-c2ccc(C(C)(C)C)cc2)n1C)C(=O)Nc1ccc([N+](=O)[O-])cc1. The first-order valence-corrected chi connectivity index (χ1v) is 10.7. The second-order valence-electron chi connectivity index (χ2n) is 8.25. The molecule has 1 aromatic heterocycles. The molecule has 3 rings (SSSR count). The number of nitro groups is 1. The van der Waals surface area contributed by atoms with Gasteiger partial charge in [-0.1, -0.05) is 56.8 Å². The molecule has 1 N–H and O–H groups in total. The number of nitro benzene ring substituents is 1. The van der Waals surface area contributed by atoms with E-state index in [0.29, 0.717) is 10.8 Å². The lowest BCUT2D eigenvalue weighted by molar-refractivity contribution is -0.384. The number of nitrogens with zero attached hydrogens (tertiary/aromatic N) is 4. The van der Waals surface area contributed by atoms with Gasteiger partial charge in [0.1, 0.15) is 0 Å². The summed E-state index contributed by atoms with van der Waals surface area (Å²) >= 11 is 1.30. The Morgan fingerprint density at radius 1 is 1.10 bits per heavy atom. The van der Waals surface area contributed by atoms with Gasteiger partial charge in [-0.2, -0.15) is 0 Å². The quantitative estimate of drug-likeness (QED) is 0.336. The maximum Gasteiger partial charge on any atom is 0.269 e. The molecule has 0 saturated carbocycles. The van der Waals surface area contributed by atoms with Crippen molar-refractivity contribution < 1.29 is 9.72 Å². The molecule has 3 aromatic rings. The molecule has 0 fully saturated rings. The number of hydrogen-bond acceptors (Lipinski definition) is 6. The van der Waals surface area contributed by atoms with E-state index in [1.165, 1.54) is 41.6 Å². The summed E-state index contributed by atoms with van der Waals surface area (Å²) in [4.78, 5) is 22.8. The van der Waals surface area contributed by atoms with Gasteiger partial charge < -0.3 is 9.88 Å². The van der Waals surface area contributed by atoms with E-state index in [0.717, 1.165) is 11.4 Å². The molecule has 162 valence electrons. The lowest BCUT2D eigenvalue weighted by Gasteiger charge is -2.19. The molecular weight excluding hydrogens is 414 g/mol. The van der Waals surface area contributed by atoms with E-state index in [2.05, 4.69) is 48.4 Å². The van der Waals surface area contributed by atoms with Crippen LogP contribution in [0.1, 0.15) is 33.3 Å². The number of non-ortho nitro benzene ring substituents is 1. The second kappa shape index (κ2) is 8.89. The highest BCUT2D eigenvalue weighted by atomic mass is 32.2. The fourth-order valence-electron chi connectivity index (χ4n) is 2.91. The van der Waals surface area contributed by atoms with Crippen LogP contribution in [0.2, 0.25) is 0 Å². The van der Waals surface area contributed by atoms with Crippen LogP contribution in [0.4, 0.5) is 11.4 Å². The highest BCUT2D eigenvalue weighted by molar-refractivity contribution is 8.00. The molecule has 0 saturated heterocycles. The summed E-state index contributed by atoms with van der Waals surface area (Å²) in [5, 5.41) is 22.2. The normalized spacial score (nSPS) is 12.4. The average molecular weight is 440 g/mol. The number of benzene rings is 2. The number of anilines is 1. The van der Waals surface area contributed by atoms with Crippen LogP contribution >= 0.6 is 11.8 Å². The van der Waals surface area contributed by atoms with Gasteiger partial charge >= 0.3 is 0 Å². The molecule has 0 radical (unpaired) electrons. The average Bonchev–Trinajstić information content (AvgIpc) is 3.08. The van der Waals surface area contributed by atoms with Gasteiger partial charge in [-0.25, -0.2) is 0 Å². The number of hydrogen-bond donors (Lipinski definition) is 1. The molecule has 31 heavy (non-hydrogen) atoms. The standard InChI is InChI=1S/C22H25N5O3S/c1-14(20(28)23-17-10-12-18(13-11-17)27(29)30)31-21-25-24-19(26(21)5)15-6-8-16(9-7-15)22(2,3)4/h6-14H,1-5H3,(H,23,28). The third-order valence-corrected chi connectivity index (χ3v) is 5.98. The van der Waals surface area contributed by atoms with Crippen molar-refractivity contribution in [2.24, 2.45) is 7.05 Å². The smallest absolute Gasteiger partial charge is 0.269 e. The van der Waals surface area contributed by atoms with Crippen molar-refractivity contribution in [2.45, 2.75) is 43.5 Å². The van der Waals surface area contributed by atoms with Gasteiger partial charge in [0.2, 0.25) is 5.91 Å². The summed E-state index contributed by atoms with van der Waals surface area (Å²) in [5.41, 5.74) is 2.75. The highest BCUT2D eigenvalue weighted by Crippen LogP contribution is 2.28. The van der Waals surface area contributed by atoms with E-state index in [9.17, 15) is 14.9 Å². The zero-order chi connectivity index (χ0) is 22.8. The highest BCUT2D eigenvalue weighted by Gasteiger charge is 2.20. The summed E-state index contributed by atoms with van der Waals surface area (Å²) in [6, 6.07) is 14.0. The van der Waals surface area contributed by atoms with Crippen LogP contribution in [0.3, 0.4) is 0 Å². The van der Waals surface area contributed by atoms with Crippen LogP contribution in [-0.4, -0.2) is 30.8 Å². The Morgan fingerprint density at radius 2 is 1.71 bits per heavy atom. The van der Waals surface area contributed by atoms with E-state index < -0.39 is 10.2 Å². The third-order valence-electron chi connectivity index (χ3n) is 4.84. The van der Waals surface area contributed by atoms with E-state index in [4.69, 9.17) is 0 Å². The lowest BCUT2D eigenvalue weighted by atomic mass is 9.87. The van der Waals surface area contributed by atoms with Crippen LogP contribution in [0.15, 0.2) is 53.7 Å². The summed E-state index contributed by atoms with van der Waals surface area (Å²) in [6.07, 6.45) is 0. The third kappa shape index (κ3) is 5.29. The molecule has 9 heteroatoms. The number of carbonyl (C=O) groups is 1. The minimum atomic E-state index is -0.480. The zero-order valence-corrected chi connectivity index (χ0v) is 18.9. The van der Waals surface area contributed by atoms with Crippen LogP contribution in [0.25, 0.3) is 11.4 Å². The van der Waals surface area contributed by atoms with Crippen molar-refractivity contribution in [1.29, 1.82) is 0 Å². The van der Waals surface area contributed by atoms with Gasteiger partial charge in [-0.15, -0.1) is 10.2 Å². The van der Waals surface area contributed by atoms with E-state index >= 15 is 0 Å². The predicted molar refractivity (Wildman–Crippen MR) is 122 cm³/mol. The van der Waals surface area contributed by atoms with Gasteiger partial charge in [0.15, 0.2) is 11.0 Å². The molecule has 2 aromatic carbocycles. The van der Waals surface area contributed by atoms with Crippen LogP contribution < -0.4 is 5.32 Å². The molecular formula is C22H25N5O3S. The van der Waals surface area contributed by atoms with E-state index in [-0.39, 0.29) is 17.0 Å². The van der Waals surface area contributed by atoms with Gasteiger partial charge in [0.05, 0.1) is 10.2 Å². The number of nitrogens with one attached hydrogen (secondary N) is 1. The van der Waals surface area contributed by atoms with Crippen LogP contribution in [0.5, 0.6) is 0 Å². The summed E-state index contributed by atoms with van der Waals surface area (Å²) < 4.78 is 1.87. The largest absolute Gasteiger partial charge is 0.325 e. The number of carbonyl (C=O) groups excluding carboxylic acids is 1. The summed E-state index contributed by atoms with van der Waals surface area (Å²) in [5.74, 6) is 0.504. The van der Waals surface area contributed by atoms with Gasteiger partial charge in [-0.3, -0.25) is 14.9 Å². The second-order valence-corrected chi connectivity index (χ2v) is 9.55. The Bertz CT molecular complexity index is 1090. The minimum absolute atomic E-state index is 0.0254. The fourth-order valence-corrected chi connectivity index (χ4v) is 3.72. The minimum Gasteiger partial charge on any atom is -0.325 e. The van der Waals surface area contributed by atoms with Crippen molar-refractivity contribution >= 4 is 29.0 Å². The van der Waals surface area contributed by atoms with Crippen molar-refractivity contribution in [1.82, 2.24) is 14.8 Å². The van der Waals surface area contributed by atoms with E-state index in [1.54, 1.807) is 6.92 Å². The summed E-state index contributed by atoms with van der Waals surface area (Å²) in [7, 11) is 1.87. The zero-order valence-electron chi connectivity index (χ0n) is 18.1. The van der Waals surface area contributed by atoms with Gasteiger partial charge in [0.25, 0.3) is 5.69 Å². The Morgan fingerprint density at radius 3 is 2.26 bits per heavy atom. The molecule has 0 aliphatic carbocycles.